The lowest BCUT2D eigenvalue weighted by Crippen LogP contribution is -2.41. The number of carbonyl (C=O) groups is 1. The third-order valence-electron chi connectivity index (χ3n) is 3.58. The normalized spacial score (nSPS) is 12.2. The van der Waals surface area contributed by atoms with Crippen LogP contribution in [0.2, 0.25) is 0 Å². The largest absolute Gasteiger partial charge is 0.347 e. The lowest BCUT2D eigenvalue weighted by atomic mass is 10.1. The number of halogens is 1. The molecule has 1 amide bonds. The molecule has 1 aromatic heterocycles. The Morgan fingerprint density at radius 1 is 1.23 bits per heavy atom. The fourth-order valence-electron chi connectivity index (χ4n) is 2.56. The smallest absolute Gasteiger partial charge is 0.268 e. The molecule has 6 nitrogen and oxygen atoms in total. The molecule has 0 bridgehead atoms. The minimum absolute atomic E-state index is 0.118. The Morgan fingerprint density at radius 2 is 1.88 bits per heavy atom. The van der Waals surface area contributed by atoms with Gasteiger partial charge < -0.3 is 9.88 Å². The first-order chi connectivity index (χ1) is 12.0. The molecule has 1 aromatic carbocycles. The Hall–Kier alpha value is -1.64. The number of carbonyl (C=O) groups excluding carboxylic acids is 1. The second-order valence-corrected chi connectivity index (χ2v) is 9.54. The highest BCUT2D eigenvalue weighted by Crippen LogP contribution is 2.19. The maximum Gasteiger partial charge on any atom is 0.268 e. The number of benzene rings is 1. The molecule has 142 valence electrons. The summed E-state index contributed by atoms with van der Waals surface area (Å²) in [5, 5.41) is 2.81. The number of hydrogen-bond donors (Lipinski definition) is 2. The Balaban J connectivity index is 2.22. The molecular formula is C18H24BrN3O3S. The molecule has 2 rings (SSSR count). The molecule has 0 atom stereocenters. The fraction of sp³-hybridized carbons (Fsp3) is 0.389. The van der Waals surface area contributed by atoms with Crippen LogP contribution in [0, 0.1) is 0 Å². The number of aromatic nitrogens is 1. The molecular weight excluding hydrogens is 418 g/mol. The molecule has 2 N–H and O–H groups in total. The Bertz CT molecular complexity index is 899. The summed E-state index contributed by atoms with van der Waals surface area (Å²) in [6.07, 6.45) is 1.83. The lowest BCUT2D eigenvalue weighted by molar-refractivity contribution is 0.0941. The van der Waals surface area contributed by atoms with Crippen LogP contribution in [0.25, 0.3) is 0 Å². The summed E-state index contributed by atoms with van der Waals surface area (Å²) in [7, 11) is -3.68. The summed E-state index contributed by atoms with van der Waals surface area (Å²) < 4.78 is 30.6. The Morgan fingerprint density at radius 3 is 2.50 bits per heavy atom. The van der Waals surface area contributed by atoms with E-state index in [0.717, 1.165) is 4.47 Å². The van der Waals surface area contributed by atoms with E-state index in [0.29, 0.717) is 17.8 Å². The highest BCUT2D eigenvalue weighted by atomic mass is 79.9. The second-order valence-electron chi connectivity index (χ2n) is 6.98. The van der Waals surface area contributed by atoms with Crippen LogP contribution in [-0.2, 0) is 23.1 Å². The molecule has 1 heterocycles. The van der Waals surface area contributed by atoms with E-state index in [1.54, 1.807) is 51.1 Å². The van der Waals surface area contributed by atoms with Crippen molar-refractivity contribution >= 4 is 31.9 Å². The van der Waals surface area contributed by atoms with Crippen LogP contribution < -0.4 is 10.0 Å². The van der Waals surface area contributed by atoms with E-state index in [4.69, 9.17) is 0 Å². The van der Waals surface area contributed by atoms with Crippen LogP contribution in [0.5, 0.6) is 0 Å². The van der Waals surface area contributed by atoms with Crippen molar-refractivity contribution in [1.29, 1.82) is 0 Å². The maximum absolute atomic E-state index is 12.7. The van der Waals surface area contributed by atoms with E-state index in [9.17, 15) is 13.2 Å². The summed E-state index contributed by atoms with van der Waals surface area (Å²) in [4.78, 5) is 12.7. The topological polar surface area (TPSA) is 80.2 Å². The molecule has 26 heavy (non-hydrogen) atoms. The zero-order chi connectivity index (χ0) is 19.5. The number of sulfonamides is 1. The molecule has 2 aromatic rings. The molecule has 0 radical (unpaired) electrons. The van der Waals surface area contributed by atoms with E-state index >= 15 is 0 Å². The molecule has 0 aliphatic heterocycles. The van der Waals surface area contributed by atoms with Gasteiger partial charge in [0.15, 0.2) is 0 Å². The predicted octanol–water partition coefficient (Wildman–Crippen LogP) is 3.28. The van der Waals surface area contributed by atoms with E-state index in [-0.39, 0.29) is 17.3 Å². The Kier molecular flexibility index (Phi) is 6.31. The second kappa shape index (κ2) is 7.94. The van der Waals surface area contributed by atoms with Crippen molar-refractivity contribution in [1.82, 2.24) is 14.6 Å². The number of rotatable bonds is 6. The van der Waals surface area contributed by atoms with Gasteiger partial charge >= 0.3 is 0 Å². The number of nitrogens with one attached hydrogen (secondary N) is 2. The van der Waals surface area contributed by atoms with Gasteiger partial charge in [0.05, 0.1) is 4.90 Å². The van der Waals surface area contributed by atoms with Crippen LogP contribution in [0.1, 0.15) is 43.7 Å². The van der Waals surface area contributed by atoms with Crippen molar-refractivity contribution in [2.24, 2.45) is 0 Å². The molecule has 0 aliphatic carbocycles. The summed E-state index contributed by atoms with van der Waals surface area (Å²) >= 11 is 3.37. The molecule has 0 aliphatic rings. The van der Waals surface area contributed by atoms with Gasteiger partial charge in [0, 0.05) is 29.3 Å². The number of nitrogens with zero attached hydrogens (tertiary/aromatic N) is 1. The van der Waals surface area contributed by atoms with Gasteiger partial charge in [-0.05, 0) is 61.3 Å². The van der Waals surface area contributed by atoms with E-state index in [2.05, 4.69) is 26.0 Å². The first-order valence-corrected chi connectivity index (χ1v) is 10.6. The van der Waals surface area contributed by atoms with E-state index in [1.165, 1.54) is 0 Å². The SMILES string of the molecule is CCn1cc(Br)cc1C(=O)NCc1ccccc1S(=O)(=O)NC(C)(C)C. The summed E-state index contributed by atoms with van der Waals surface area (Å²) in [6.45, 7) is 8.08. The van der Waals surface area contributed by atoms with Crippen molar-refractivity contribution in [3.8, 4) is 0 Å². The Labute approximate surface area is 163 Å². The molecule has 0 fully saturated rings. The minimum atomic E-state index is -3.68. The average molecular weight is 442 g/mol. The van der Waals surface area contributed by atoms with E-state index in [1.807, 2.05) is 17.7 Å². The van der Waals surface area contributed by atoms with Crippen molar-refractivity contribution < 1.29 is 13.2 Å². The molecule has 0 unspecified atom stereocenters. The summed E-state index contributed by atoms with van der Waals surface area (Å²) in [5.41, 5.74) is 0.461. The molecule has 8 heteroatoms. The quantitative estimate of drug-likeness (QED) is 0.721. The maximum atomic E-state index is 12.7. The average Bonchev–Trinajstić information content (AvgIpc) is 2.91. The predicted molar refractivity (Wildman–Crippen MR) is 105 cm³/mol. The number of hydrogen-bond acceptors (Lipinski definition) is 3. The van der Waals surface area contributed by atoms with Gasteiger partial charge in [-0.25, -0.2) is 13.1 Å². The van der Waals surface area contributed by atoms with E-state index < -0.39 is 15.6 Å². The highest BCUT2D eigenvalue weighted by Gasteiger charge is 2.24. The van der Waals surface area contributed by atoms with Gasteiger partial charge in [0.2, 0.25) is 10.0 Å². The molecule has 0 saturated heterocycles. The third-order valence-corrected chi connectivity index (χ3v) is 5.87. The summed E-state index contributed by atoms with van der Waals surface area (Å²) in [5.74, 6) is -0.256. The van der Waals surface area contributed by atoms with Gasteiger partial charge in [-0.3, -0.25) is 4.79 Å². The zero-order valence-corrected chi connectivity index (χ0v) is 17.7. The minimum Gasteiger partial charge on any atom is -0.347 e. The number of aryl methyl sites for hydroxylation is 1. The highest BCUT2D eigenvalue weighted by molar-refractivity contribution is 9.10. The van der Waals surface area contributed by atoms with Crippen LogP contribution in [0.3, 0.4) is 0 Å². The zero-order valence-electron chi connectivity index (χ0n) is 15.3. The van der Waals surface area contributed by atoms with Crippen LogP contribution >= 0.6 is 15.9 Å². The fourth-order valence-corrected chi connectivity index (χ4v) is 4.69. The van der Waals surface area contributed by atoms with Gasteiger partial charge in [0.25, 0.3) is 5.91 Å². The number of amides is 1. The van der Waals surface area contributed by atoms with Gasteiger partial charge in [-0.2, -0.15) is 0 Å². The first kappa shape index (κ1) is 20.7. The molecule has 0 saturated carbocycles. The van der Waals surface area contributed by atoms with Crippen molar-refractivity contribution in [2.45, 2.75) is 51.2 Å². The van der Waals surface area contributed by atoms with Gasteiger partial charge in [-0.1, -0.05) is 18.2 Å². The van der Waals surface area contributed by atoms with Crippen molar-refractivity contribution in [3.63, 3.8) is 0 Å². The van der Waals surface area contributed by atoms with Gasteiger partial charge in [-0.15, -0.1) is 0 Å². The molecule has 0 spiro atoms. The van der Waals surface area contributed by atoms with Crippen LogP contribution in [0.15, 0.2) is 45.9 Å². The third kappa shape index (κ3) is 5.18. The van der Waals surface area contributed by atoms with Gasteiger partial charge in [0.1, 0.15) is 5.69 Å². The monoisotopic (exact) mass is 441 g/mol. The van der Waals surface area contributed by atoms with Crippen LogP contribution in [0.4, 0.5) is 0 Å². The lowest BCUT2D eigenvalue weighted by Gasteiger charge is -2.21. The van der Waals surface area contributed by atoms with Crippen LogP contribution in [-0.4, -0.2) is 24.4 Å². The summed E-state index contributed by atoms with van der Waals surface area (Å²) in [6, 6.07) is 8.40. The van der Waals surface area contributed by atoms with Crippen molar-refractivity contribution in [3.05, 3.63) is 52.3 Å². The first-order valence-electron chi connectivity index (χ1n) is 8.29. The standard InChI is InChI=1S/C18H24BrN3O3S/c1-5-22-12-14(19)10-15(22)17(23)20-11-13-8-6-7-9-16(13)26(24,25)21-18(2,3)4/h6-10,12,21H,5,11H2,1-4H3,(H,20,23). The van der Waals surface area contributed by atoms with Crippen molar-refractivity contribution in [2.75, 3.05) is 0 Å².